The number of benzene rings is 1. The maximum atomic E-state index is 13.2. The molecule has 1 N–H and O–H groups in total. The van der Waals surface area contributed by atoms with Gasteiger partial charge in [-0.1, -0.05) is 11.6 Å². The lowest BCUT2D eigenvalue weighted by Gasteiger charge is -2.04. The Morgan fingerprint density at radius 1 is 1.44 bits per heavy atom. The standard InChI is InChI=1S/C10H4ClFN2O4/c11-8-3-6(10(15)16)5-1-4(12)2-7(14(17)18)9(5)13-8/h1-3H,(H,15,16). The third-order valence-corrected chi connectivity index (χ3v) is 2.45. The van der Waals surface area contributed by atoms with Gasteiger partial charge in [-0.15, -0.1) is 0 Å². The van der Waals surface area contributed by atoms with Gasteiger partial charge in [-0.05, 0) is 12.1 Å². The molecule has 0 unspecified atom stereocenters. The van der Waals surface area contributed by atoms with Crippen LogP contribution in [0.1, 0.15) is 10.4 Å². The van der Waals surface area contributed by atoms with E-state index in [9.17, 15) is 19.3 Å². The zero-order chi connectivity index (χ0) is 13.4. The molecule has 92 valence electrons. The fourth-order valence-electron chi connectivity index (χ4n) is 1.56. The quantitative estimate of drug-likeness (QED) is 0.514. The largest absolute Gasteiger partial charge is 0.478 e. The Kier molecular flexibility index (Phi) is 2.84. The molecule has 0 aliphatic heterocycles. The Balaban J connectivity index is 2.98. The molecule has 1 aromatic carbocycles. The molecular formula is C10H4ClFN2O4. The van der Waals surface area contributed by atoms with E-state index >= 15 is 0 Å². The maximum Gasteiger partial charge on any atom is 0.336 e. The second kappa shape index (κ2) is 4.19. The summed E-state index contributed by atoms with van der Waals surface area (Å²) in [5.41, 5.74) is -1.23. The Labute approximate surface area is 104 Å². The molecule has 0 spiro atoms. The number of carbonyl (C=O) groups is 1. The van der Waals surface area contributed by atoms with Gasteiger partial charge in [-0.3, -0.25) is 10.1 Å². The highest BCUT2D eigenvalue weighted by molar-refractivity contribution is 6.30. The van der Waals surface area contributed by atoms with Crippen LogP contribution >= 0.6 is 11.6 Å². The number of carboxylic acids is 1. The fraction of sp³-hybridized carbons (Fsp3) is 0. The second-order valence-electron chi connectivity index (χ2n) is 3.38. The number of halogens is 2. The van der Waals surface area contributed by atoms with Crippen molar-refractivity contribution in [2.75, 3.05) is 0 Å². The van der Waals surface area contributed by atoms with Crippen molar-refractivity contribution in [1.82, 2.24) is 4.98 Å². The number of aromatic nitrogens is 1. The van der Waals surface area contributed by atoms with E-state index in [1.165, 1.54) is 0 Å². The molecule has 1 heterocycles. The summed E-state index contributed by atoms with van der Waals surface area (Å²) in [5, 5.41) is 19.3. The molecular weight excluding hydrogens is 267 g/mol. The summed E-state index contributed by atoms with van der Waals surface area (Å²) in [4.78, 5) is 24.6. The lowest BCUT2D eigenvalue weighted by Crippen LogP contribution is -2.01. The first-order valence-electron chi connectivity index (χ1n) is 4.57. The van der Waals surface area contributed by atoms with Crippen molar-refractivity contribution in [2.24, 2.45) is 0 Å². The molecule has 0 saturated heterocycles. The number of nitro benzene ring substituents is 1. The molecule has 1 aromatic heterocycles. The second-order valence-corrected chi connectivity index (χ2v) is 3.76. The highest BCUT2D eigenvalue weighted by atomic mass is 35.5. The molecule has 2 aromatic rings. The normalized spacial score (nSPS) is 10.6. The number of rotatable bonds is 2. The first-order valence-corrected chi connectivity index (χ1v) is 4.95. The highest BCUT2D eigenvalue weighted by Gasteiger charge is 2.21. The maximum absolute atomic E-state index is 13.2. The van der Waals surface area contributed by atoms with E-state index in [4.69, 9.17) is 16.7 Å². The number of hydrogen-bond acceptors (Lipinski definition) is 4. The topological polar surface area (TPSA) is 93.3 Å². The van der Waals surface area contributed by atoms with Gasteiger partial charge in [0.05, 0.1) is 16.6 Å². The van der Waals surface area contributed by atoms with E-state index < -0.39 is 22.4 Å². The van der Waals surface area contributed by atoms with Crippen LogP contribution in [0.4, 0.5) is 10.1 Å². The van der Waals surface area contributed by atoms with Gasteiger partial charge in [0.1, 0.15) is 11.0 Å². The Bertz CT molecular complexity index is 630. The van der Waals surface area contributed by atoms with Gasteiger partial charge in [0.25, 0.3) is 5.69 Å². The molecule has 0 aliphatic rings. The number of aromatic carboxylic acids is 1. The van der Waals surface area contributed by atoms with E-state index in [-0.39, 0.29) is 21.6 Å². The third-order valence-electron chi connectivity index (χ3n) is 2.25. The Hall–Kier alpha value is -2.28. The van der Waals surface area contributed by atoms with E-state index in [0.29, 0.717) is 6.07 Å². The average molecular weight is 271 g/mol. The Morgan fingerprint density at radius 3 is 2.67 bits per heavy atom. The summed E-state index contributed by atoms with van der Waals surface area (Å²) < 4.78 is 13.2. The lowest BCUT2D eigenvalue weighted by atomic mass is 10.1. The van der Waals surface area contributed by atoms with Crippen LogP contribution in [0.5, 0.6) is 0 Å². The van der Waals surface area contributed by atoms with Gasteiger partial charge in [-0.25, -0.2) is 14.2 Å². The van der Waals surface area contributed by atoms with Gasteiger partial charge in [0.15, 0.2) is 5.52 Å². The lowest BCUT2D eigenvalue weighted by molar-refractivity contribution is -0.383. The SMILES string of the molecule is O=C(O)c1cc(Cl)nc2c([N+](=O)[O-])cc(F)cc12. The van der Waals surface area contributed by atoms with Crippen molar-refractivity contribution >= 4 is 34.2 Å². The van der Waals surface area contributed by atoms with Crippen molar-refractivity contribution in [3.8, 4) is 0 Å². The summed E-state index contributed by atoms with van der Waals surface area (Å²) in [5.74, 6) is -2.29. The van der Waals surface area contributed by atoms with Gasteiger partial charge in [0, 0.05) is 5.39 Å². The minimum absolute atomic E-state index is 0.168. The zero-order valence-electron chi connectivity index (χ0n) is 8.55. The molecule has 8 heteroatoms. The Morgan fingerprint density at radius 2 is 2.11 bits per heavy atom. The van der Waals surface area contributed by atoms with Crippen LogP contribution in [0.25, 0.3) is 10.9 Å². The summed E-state index contributed by atoms with van der Waals surface area (Å²) in [6.07, 6.45) is 0. The van der Waals surface area contributed by atoms with Crippen LogP contribution in [0.3, 0.4) is 0 Å². The predicted octanol–water partition coefficient (Wildman–Crippen LogP) is 2.63. The van der Waals surface area contributed by atoms with E-state index in [1.807, 2.05) is 0 Å². The smallest absolute Gasteiger partial charge is 0.336 e. The molecule has 6 nitrogen and oxygen atoms in total. The molecule has 0 radical (unpaired) electrons. The minimum atomic E-state index is -1.37. The van der Waals surface area contributed by atoms with Crippen molar-refractivity contribution < 1.29 is 19.2 Å². The number of fused-ring (bicyclic) bond motifs is 1. The van der Waals surface area contributed by atoms with Crippen LogP contribution in [0.15, 0.2) is 18.2 Å². The van der Waals surface area contributed by atoms with Gasteiger partial charge < -0.3 is 5.11 Å². The van der Waals surface area contributed by atoms with Crippen LogP contribution in [0.2, 0.25) is 5.15 Å². The number of pyridine rings is 1. The van der Waals surface area contributed by atoms with Gasteiger partial charge in [0.2, 0.25) is 0 Å². The fourth-order valence-corrected chi connectivity index (χ4v) is 1.75. The summed E-state index contributed by atoms with van der Waals surface area (Å²) in [6.45, 7) is 0. The van der Waals surface area contributed by atoms with Gasteiger partial charge >= 0.3 is 5.97 Å². The monoisotopic (exact) mass is 270 g/mol. The first kappa shape index (κ1) is 12.2. The minimum Gasteiger partial charge on any atom is -0.478 e. The van der Waals surface area contributed by atoms with Crippen molar-refractivity contribution in [1.29, 1.82) is 0 Å². The summed E-state index contributed by atoms with van der Waals surface area (Å²) >= 11 is 5.59. The van der Waals surface area contributed by atoms with Crippen LogP contribution < -0.4 is 0 Å². The highest BCUT2D eigenvalue weighted by Crippen LogP contribution is 2.29. The third kappa shape index (κ3) is 1.95. The first-order chi connectivity index (χ1) is 8.40. The summed E-state index contributed by atoms with van der Waals surface area (Å²) in [6, 6.07) is 2.54. The zero-order valence-corrected chi connectivity index (χ0v) is 9.31. The molecule has 0 bridgehead atoms. The molecule has 0 aliphatic carbocycles. The number of hydrogen-bond donors (Lipinski definition) is 1. The van der Waals surface area contributed by atoms with Crippen LogP contribution in [0, 0.1) is 15.9 Å². The number of non-ortho nitro benzene ring substituents is 1. The molecule has 18 heavy (non-hydrogen) atoms. The molecule has 0 atom stereocenters. The van der Waals surface area contributed by atoms with Crippen molar-refractivity contribution in [3.63, 3.8) is 0 Å². The van der Waals surface area contributed by atoms with Crippen molar-refractivity contribution in [3.05, 3.63) is 44.8 Å². The van der Waals surface area contributed by atoms with Crippen molar-refractivity contribution in [2.45, 2.75) is 0 Å². The average Bonchev–Trinajstić information content (AvgIpc) is 2.27. The van der Waals surface area contributed by atoms with Crippen LogP contribution in [-0.4, -0.2) is 21.0 Å². The van der Waals surface area contributed by atoms with Gasteiger partial charge in [-0.2, -0.15) is 0 Å². The molecule has 0 saturated carbocycles. The number of nitrogens with zero attached hydrogens (tertiary/aromatic N) is 2. The number of carboxylic acid groups (broad SMARTS) is 1. The van der Waals surface area contributed by atoms with E-state index in [0.717, 1.165) is 12.1 Å². The van der Waals surface area contributed by atoms with Crippen LogP contribution in [-0.2, 0) is 0 Å². The number of nitro groups is 1. The predicted molar refractivity (Wildman–Crippen MR) is 60.3 cm³/mol. The molecule has 0 amide bonds. The molecule has 2 rings (SSSR count). The van der Waals surface area contributed by atoms with E-state index in [2.05, 4.69) is 4.98 Å². The van der Waals surface area contributed by atoms with E-state index in [1.54, 1.807) is 0 Å². The summed E-state index contributed by atoms with van der Waals surface area (Å²) in [7, 11) is 0. The molecule has 0 fully saturated rings.